The van der Waals surface area contributed by atoms with Gasteiger partial charge in [-0.15, -0.1) is 0 Å². The molecular weight excluding hydrogens is 381 g/mol. The Morgan fingerprint density at radius 1 is 1.11 bits per heavy atom. The molecule has 0 spiro atoms. The minimum atomic E-state index is -3.71. The predicted molar refractivity (Wildman–Crippen MR) is 106 cm³/mol. The standard InChI is InChI=1S/C20H24FN3O3S/c1-28(26,27)24(19-9-5-8-18(21)14-19)16-20(25)23-12-10-22(11-13-23)15-17-6-3-2-4-7-17/h2-9,14H,10-13,15-16H2,1H3/p+1. The minimum absolute atomic E-state index is 0.157. The summed E-state index contributed by atoms with van der Waals surface area (Å²) >= 11 is 0. The molecule has 1 fully saturated rings. The van der Waals surface area contributed by atoms with Crippen LogP contribution in [0.3, 0.4) is 0 Å². The lowest BCUT2D eigenvalue weighted by Crippen LogP contribution is -3.13. The van der Waals surface area contributed by atoms with Crippen molar-refractivity contribution in [1.29, 1.82) is 0 Å². The van der Waals surface area contributed by atoms with Crippen LogP contribution in [0.2, 0.25) is 0 Å². The summed E-state index contributed by atoms with van der Waals surface area (Å²) in [6.45, 7) is 3.33. The van der Waals surface area contributed by atoms with Crippen LogP contribution in [0.25, 0.3) is 0 Å². The second kappa shape index (κ2) is 8.70. The normalized spacial score (nSPS) is 15.4. The summed E-state index contributed by atoms with van der Waals surface area (Å²) < 4.78 is 38.8. The maximum atomic E-state index is 13.5. The highest BCUT2D eigenvalue weighted by Gasteiger charge is 2.28. The van der Waals surface area contributed by atoms with Crippen molar-refractivity contribution >= 4 is 21.6 Å². The molecule has 8 heteroatoms. The first-order valence-electron chi connectivity index (χ1n) is 9.21. The van der Waals surface area contributed by atoms with Gasteiger partial charge < -0.3 is 9.80 Å². The summed E-state index contributed by atoms with van der Waals surface area (Å²) in [6.07, 6.45) is 1.02. The third kappa shape index (κ3) is 5.30. The Morgan fingerprint density at radius 3 is 2.39 bits per heavy atom. The molecule has 1 N–H and O–H groups in total. The molecule has 2 aromatic rings. The van der Waals surface area contributed by atoms with Crippen molar-refractivity contribution in [2.75, 3.05) is 43.3 Å². The van der Waals surface area contributed by atoms with Crippen molar-refractivity contribution in [1.82, 2.24) is 4.90 Å². The molecule has 0 aliphatic carbocycles. The molecule has 0 radical (unpaired) electrons. The van der Waals surface area contributed by atoms with E-state index < -0.39 is 15.8 Å². The van der Waals surface area contributed by atoms with Gasteiger partial charge in [-0.05, 0) is 18.2 Å². The van der Waals surface area contributed by atoms with Gasteiger partial charge in [0.25, 0.3) is 0 Å². The van der Waals surface area contributed by atoms with Gasteiger partial charge >= 0.3 is 0 Å². The Balaban J connectivity index is 1.61. The minimum Gasteiger partial charge on any atom is -0.330 e. The summed E-state index contributed by atoms with van der Waals surface area (Å²) in [6, 6.07) is 15.5. The first-order valence-corrected chi connectivity index (χ1v) is 11.1. The van der Waals surface area contributed by atoms with Crippen LogP contribution in [0.5, 0.6) is 0 Å². The van der Waals surface area contributed by atoms with Gasteiger partial charge in [0.05, 0.1) is 38.1 Å². The van der Waals surface area contributed by atoms with Gasteiger partial charge in [-0.1, -0.05) is 36.4 Å². The van der Waals surface area contributed by atoms with Gasteiger partial charge in [-0.25, -0.2) is 12.8 Å². The number of rotatable bonds is 6. The highest BCUT2D eigenvalue weighted by molar-refractivity contribution is 7.92. The number of quaternary nitrogens is 1. The average molecular weight is 407 g/mol. The predicted octanol–water partition coefficient (Wildman–Crippen LogP) is 0.519. The smallest absolute Gasteiger partial charge is 0.243 e. The summed E-state index contributed by atoms with van der Waals surface area (Å²) in [5.41, 5.74) is 1.41. The molecule has 1 heterocycles. The number of benzene rings is 2. The molecule has 1 amide bonds. The number of carbonyl (C=O) groups is 1. The quantitative estimate of drug-likeness (QED) is 0.761. The summed E-state index contributed by atoms with van der Waals surface area (Å²) in [5, 5.41) is 0. The highest BCUT2D eigenvalue weighted by atomic mass is 32.2. The monoisotopic (exact) mass is 406 g/mol. The number of amides is 1. The number of sulfonamides is 1. The fraction of sp³-hybridized carbons (Fsp3) is 0.350. The molecule has 1 aliphatic rings. The number of halogens is 1. The van der Waals surface area contributed by atoms with Crippen molar-refractivity contribution in [2.24, 2.45) is 0 Å². The number of nitrogens with one attached hydrogen (secondary N) is 1. The number of hydrogen-bond acceptors (Lipinski definition) is 3. The van der Waals surface area contributed by atoms with E-state index in [1.165, 1.54) is 28.7 Å². The first kappa shape index (κ1) is 20.3. The van der Waals surface area contributed by atoms with Crippen molar-refractivity contribution in [2.45, 2.75) is 6.54 Å². The molecule has 0 atom stereocenters. The van der Waals surface area contributed by atoms with Crippen molar-refractivity contribution in [3.63, 3.8) is 0 Å². The number of anilines is 1. The van der Waals surface area contributed by atoms with Gasteiger partial charge in [0.1, 0.15) is 18.9 Å². The molecule has 3 rings (SSSR count). The fourth-order valence-corrected chi connectivity index (χ4v) is 4.23. The second-order valence-electron chi connectivity index (χ2n) is 7.04. The van der Waals surface area contributed by atoms with E-state index >= 15 is 0 Å². The van der Waals surface area contributed by atoms with E-state index in [9.17, 15) is 17.6 Å². The third-order valence-electron chi connectivity index (χ3n) is 4.90. The maximum Gasteiger partial charge on any atom is 0.243 e. The molecule has 0 aromatic heterocycles. The number of carbonyl (C=O) groups excluding carboxylic acids is 1. The first-order chi connectivity index (χ1) is 13.3. The van der Waals surface area contributed by atoms with Crippen LogP contribution in [0.1, 0.15) is 5.56 Å². The SMILES string of the molecule is CS(=O)(=O)N(CC(=O)N1CC[NH+](Cc2ccccc2)CC1)c1cccc(F)c1. The fourth-order valence-electron chi connectivity index (χ4n) is 3.39. The van der Waals surface area contributed by atoms with Gasteiger partial charge in [-0.3, -0.25) is 9.10 Å². The van der Waals surface area contributed by atoms with Crippen LogP contribution >= 0.6 is 0 Å². The van der Waals surface area contributed by atoms with Crippen LogP contribution in [0, 0.1) is 5.82 Å². The summed E-state index contributed by atoms with van der Waals surface area (Å²) in [5.74, 6) is -0.815. The highest BCUT2D eigenvalue weighted by Crippen LogP contribution is 2.18. The summed E-state index contributed by atoms with van der Waals surface area (Å²) in [7, 11) is -3.71. The molecule has 0 saturated carbocycles. The Morgan fingerprint density at radius 2 is 1.79 bits per heavy atom. The molecule has 1 saturated heterocycles. The van der Waals surface area contributed by atoms with E-state index in [-0.39, 0.29) is 18.1 Å². The number of piperazine rings is 1. The molecule has 150 valence electrons. The van der Waals surface area contributed by atoms with Gasteiger partial charge in [0, 0.05) is 5.56 Å². The molecule has 1 aliphatic heterocycles. The van der Waals surface area contributed by atoms with Crippen molar-refractivity contribution in [3.05, 3.63) is 66.0 Å². The zero-order valence-corrected chi connectivity index (χ0v) is 16.7. The lowest BCUT2D eigenvalue weighted by Gasteiger charge is -2.33. The van der Waals surface area contributed by atoms with E-state index in [2.05, 4.69) is 12.1 Å². The van der Waals surface area contributed by atoms with Crippen LogP contribution in [-0.2, 0) is 21.4 Å². The molecule has 6 nitrogen and oxygen atoms in total. The van der Waals surface area contributed by atoms with Crippen molar-refractivity contribution in [3.8, 4) is 0 Å². The molecule has 2 aromatic carbocycles. The Bertz CT molecular complexity index is 913. The van der Waals surface area contributed by atoms with Crippen LogP contribution < -0.4 is 9.21 Å². The molecular formula is C20H25FN3O3S+. The van der Waals surface area contributed by atoms with E-state index in [4.69, 9.17) is 0 Å². The van der Waals surface area contributed by atoms with E-state index in [0.29, 0.717) is 13.1 Å². The average Bonchev–Trinajstić information content (AvgIpc) is 2.66. The number of hydrogen-bond donors (Lipinski definition) is 1. The topological polar surface area (TPSA) is 62.1 Å². The summed E-state index contributed by atoms with van der Waals surface area (Å²) in [4.78, 5) is 15.8. The zero-order chi connectivity index (χ0) is 20.1. The largest absolute Gasteiger partial charge is 0.330 e. The maximum absolute atomic E-state index is 13.5. The van der Waals surface area contributed by atoms with E-state index in [0.717, 1.165) is 36.3 Å². The Hall–Kier alpha value is -2.45. The lowest BCUT2D eigenvalue weighted by atomic mass is 10.2. The molecule has 0 unspecified atom stereocenters. The Kier molecular flexibility index (Phi) is 6.31. The zero-order valence-electron chi connectivity index (χ0n) is 15.8. The van der Waals surface area contributed by atoms with E-state index in [1.807, 2.05) is 18.2 Å². The second-order valence-corrected chi connectivity index (χ2v) is 8.95. The van der Waals surface area contributed by atoms with Crippen LogP contribution in [0.15, 0.2) is 54.6 Å². The van der Waals surface area contributed by atoms with Gasteiger partial charge in [0.15, 0.2) is 0 Å². The van der Waals surface area contributed by atoms with Crippen LogP contribution in [0.4, 0.5) is 10.1 Å². The molecule has 0 bridgehead atoms. The lowest BCUT2D eigenvalue weighted by molar-refractivity contribution is -0.917. The van der Waals surface area contributed by atoms with Gasteiger partial charge in [-0.2, -0.15) is 0 Å². The van der Waals surface area contributed by atoms with Crippen LogP contribution in [-0.4, -0.2) is 58.2 Å². The van der Waals surface area contributed by atoms with Crippen molar-refractivity contribution < 1.29 is 22.5 Å². The third-order valence-corrected chi connectivity index (χ3v) is 6.04. The van der Waals surface area contributed by atoms with Gasteiger partial charge in [0.2, 0.25) is 15.9 Å². The number of nitrogens with zero attached hydrogens (tertiary/aromatic N) is 2. The van der Waals surface area contributed by atoms with E-state index in [1.54, 1.807) is 4.90 Å². The molecule has 28 heavy (non-hydrogen) atoms. The Labute approximate surface area is 165 Å².